The average molecular weight is 341 g/mol. The summed E-state index contributed by atoms with van der Waals surface area (Å²) in [6.45, 7) is 2.07. The van der Waals surface area contributed by atoms with Crippen LogP contribution in [0.1, 0.15) is 40.5 Å². The quantitative estimate of drug-likeness (QED) is 0.850. The molecule has 2 atom stereocenters. The van der Waals surface area contributed by atoms with Crippen LogP contribution in [0.4, 0.5) is 0 Å². The fourth-order valence-corrected chi connectivity index (χ4v) is 3.58. The minimum Gasteiger partial charge on any atom is -0.493 e. The maximum atomic E-state index is 13.3. The summed E-state index contributed by atoms with van der Waals surface area (Å²) in [5, 5.41) is 0. The van der Waals surface area contributed by atoms with E-state index in [9.17, 15) is 4.79 Å². The van der Waals surface area contributed by atoms with E-state index in [-0.39, 0.29) is 17.9 Å². The molecule has 0 saturated heterocycles. The van der Waals surface area contributed by atoms with Crippen molar-refractivity contribution in [2.75, 3.05) is 28.4 Å². The van der Waals surface area contributed by atoms with Crippen molar-refractivity contribution in [3.63, 3.8) is 0 Å². The Bertz CT molecular complexity index is 788. The molecule has 25 heavy (non-hydrogen) atoms. The van der Waals surface area contributed by atoms with Crippen LogP contribution in [0.15, 0.2) is 36.4 Å². The molecule has 0 radical (unpaired) electrons. The molecule has 5 nitrogen and oxygen atoms in total. The normalized spacial score (nSPS) is 20.1. The molecule has 0 saturated carbocycles. The van der Waals surface area contributed by atoms with E-state index >= 15 is 0 Å². The fraction of sp³-hybridized carbons (Fsp3) is 0.350. The highest BCUT2D eigenvalue weighted by Crippen LogP contribution is 2.50. The molecule has 1 heterocycles. The lowest BCUT2D eigenvalue weighted by Gasteiger charge is -2.39. The lowest BCUT2D eigenvalue weighted by atomic mass is 9.84. The topological polar surface area (TPSA) is 48.0 Å². The summed E-state index contributed by atoms with van der Waals surface area (Å²) in [5.74, 6) is 1.59. The molecular formula is C20H23NO4. The van der Waals surface area contributed by atoms with Crippen LogP contribution in [0.3, 0.4) is 0 Å². The van der Waals surface area contributed by atoms with Crippen molar-refractivity contribution in [1.29, 1.82) is 0 Å². The fourth-order valence-electron chi connectivity index (χ4n) is 3.58. The van der Waals surface area contributed by atoms with Gasteiger partial charge in [0.15, 0.2) is 17.3 Å². The number of methoxy groups -OCH3 is 3. The van der Waals surface area contributed by atoms with E-state index in [1.165, 1.54) is 0 Å². The van der Waals surface area contributed by atoms with Crippen molar-refractivity contribution < 1.29 is 19.0 Å². The molecule has 0 spiro atoms. The maximum absolute atomic E-state index is 13.3. The number of Topliss-reactive ketones (excluding diaryl/α,β-unsaturated/α-hetero) is 1. The van der Waals surface area contributed by atoms with Gasteiger partial charge in [-0.05, 0) is 25.6 Å². The summed E-state index contributed by atoms with van der Waals surface area (Å²) in [7, 11) is 6.66. The molecule has 2 aromatic rings. The monoisotopic (exact) mass is 341 g/mol. The first-order valence-corrected chi connectivity index (χ1v) is 8.19. The standard InChI is InChI=1S/C20H23NO4/c1-12-16-14(11-15(23-3)19(24-4)20(16)25-5)18(22)17(21(12)2)13-9-7-6-8-10-13/h6-12,17H,1-5H3/t12-,17-/m1/s1. The summed E-state index contributed by atoms with van der Waals surface area (Å²) in [6, 6.07) is 11.2. The molecule has 0 fully saturated rings. The second-order valence-electron chi connectivity index (χ2n) is 6.13. The summed E-state index contributed by atoms with van der Waals surface area (Å²) in [5.41, 5.74) is 2.43. The summed E-state index contributed by atoms with van der Waals surface area (Å²) in [6.07, 6.45) is 0. The van der Waals surface area contributed by atoms with Crippen LogP contribution in [-0.2, 0) is 0 Å². The zero-order valence-electron chi connectivity index (χ0n) is 15.2. The maximum Gasteiger partial charge on any atom is 0.203 e. The zero-order valence-corrected chi connectivity index (χ0v) is 15.2. The smallest absolute Gasteiger partial charge is 0.203 e. The number of carbonyl (C=O) groups is 1. The summed E-state index contributed by atoms with van der Waals surface area (Å²) >= 11 is 0. The number of ether oxygens (including phenoxy) is 3. The Kier molecular flexibility index (Phi) is 4.68. The first-order valence-electron chi connectivity index (χ1n) is 8.19. The highest BCUT2D eigenvalue weighted by atomic mass is 16.5. The van der Waals surface area contributed by atoms with Gasteiger partial charge in [0.05, 0.1) is 27.4 Å². The first-order chi connectivity index (χ1) is 12.0. The number of hydrogen-bond acceptors (Lipinski definition) is 5. The Labute approximate surface area is 148 Å². The zero-order chi connectivity index (χ0) is 18.1. The molecular weight excluding hydrogens is 318 g/mol. The van der Waals surface area contributed by atoms with Gasteiger partial charge < -0.3 is 14.2 Å². The van der Waals surface area contributed by atoms with Crippen LogP contribution >= 0.6 is 0 Å². The number of rotatable bonds is 4. The third-order valence-corrected chi connectivity index (χ3v) is 4.93. The molecule has 0 aromatic heterocycles. The number of fused-ring (bicyclic) bond motifs is 1. The second-order valence-corrected chi connectivity index (χ2v) is 6.13. The van der Waals surface area contributed by atoms with Crippen LogP contribution in [-0.4, -0.2) is 39.1 Å². The van der Waals surface area contributed by atoms with Crippen LogP contribution < -0.4 is 14.2 Å². The molecule has 5 heteroatoms. The molecule has 2 aromatic carbocycles. The predicted molar refractivity (Wildman–Crippen MR) is 95.8 cm³/mol. The number of ketones is 1. The molecule has 0 bridgehead atoms. The van der Waals surface area contributed by atoms with E-state index in [0.717, 1.165) is 11.1 Å². The van der Waals surface area contributed by atoms with Crippen LogP contribution in [0, 0.1) is 0 Å². The van der Waals surface area contributed by atoms with Crippen molar-refractivity contribution in [2.24, 2.45) is 0 Å². The SMILES string of the molecule is COc1cc2c(c(OC)c1OC)[C@@H](C)N(C)[C@H](c1ccccc1)C2=O. The van der Waals surface area contributed by atoms with Gasteiger partial charge in [-0.25, -0.2) is 0 Å². The minimum absolute atomic E-state index is 0.0207. The van der Waals surface area contributed by atoms with Gasteiger partial charge in [-0.3, -0.25) is 9.69 Å². The van der Waals surface area contributed by atoms with Crippen LogP contribution in [0.2, 0.25) is 0 Å². The van der Waals surface area contributed by atoms with Crippen molar-refractivity contribution in [1.82, 2.24) is 4.90 Å². The highest BCUT2D eigenvalue weighted by Gasteiger charge is 2.40. The number of nitrogens with zero attached hydrogens (tertiary/aromatic N) is 1. The van der Waals surface area contributed by atoms with Gasteiger partial charge in [0.2, 0.25) is 5.75 Å². The van der Waals surface area contributed by atoms with Gasteiger partial charge in [0, 0.05) is 17.2 Å². The van der Waals surface area contributed by atoms with Gasteiger partial charge >= 0.3 is 0 Å². The Morgan fingerprint density at radius 2 is 1.60 bits per heavy atom. The lowest BCUT2D eigenvalue weighted by molar-refractivity contribution is 0.0752. The van der Waals surface area contributed by atoms with Gasteiger partial charge in [0.1, 0.15) is 0 Å². The van der Waals surface area contributed by atoms with Crippen molar-refractivity contribution in [2.45, 2.75) is 19.0 Å². The van der Waals surface area contributed by atoms with E-state index in [1.54, 1.807) is 27.4 Å². The number of likely N-dealkylation sites (N-methyl/N-ethyl adjacent to an activating group) is 1. The van der Waals surface area contributed by atoms with Crippen LogP contribution in [0.25, 0.3) is 0 Å². The molecule has 1 aliphatic heterocycles. The van der Waals surface area contributed by atoms with E-state index in [1.807, 2.05) is 37.4 Å². The number of hydrogen-bond donors (Lipinski definition) is 0. The Balaban J connectivity index is 2.24. The van der Waals surface area contributed by atoms with Gasteiger partial charge in [-0.1, -0.05) is 30.3 Å². The average Bonchev–Trinajstić information content (AvgIpc) is 2.65. The molecule has 3 rings (SSSR count). The van der Waals surface area contributed by atoms with E-state index in [2.05, 4.69) is 11.8 Å². The Morgan fingerprint density at radius 1 is 0.960 bits per heavy atom. The molecule has 0 amide bonds. The van der Waals surface area contributed by atoms with Crippen molar-refractivity contribution in [3.8, 4) is 17.2 Å². The third-order valence-electron chi connectivity index (χ3n) is 4.93. The van der Waals surface area contributed by atoms with E-state index in [0.29, 0.717) is 22.8 Å². The van der Waals surface area contributed by atoms with Crippen molar-refractivity contribution in [3.05, 3.63) is 53.1 Å². The second kappa shape index (κ2) is 6.76. The van der Waals surface area contributed by atoms with Gasteiger partial charge in [0.25, 0.3) is 0 Å². The molecule has 0 N–H and O–H groups in total. The number of benzene rings is 2. The largest absolute Gasteiger partial charge is 0.493 e. The van der Waals surface area contributed by atoms with E-state index in [4.69, 9.17) is 14.2 Å². The molecule has 1 aliphatic rings. The van der Waals surface area contributed by atoms with Crippen LogP contribution in [0.5, 0.6) is 17.2 Å². The summed E-state index contributed by atoms with van der Waals surface area (Å²) < 4.78 is 16.5. The van der Waals surface area contributed by atoms with Gasteiger partial charge in [-0.2, -0.15) is 0 Å². The minimum atomic E-state index is -0.341. The molecule has 0 unspecified atom stereocenters. The predicted octanol–water partition coefficient (Wildman–Crippen LogP) is 3.64. The van der Waals surface area contributed by atoms with Gasteiger partial charge in [-0.15, -0.1) is 0 Å². The van der Waals surface area contributed by atoms with E-state index < -0.39 is 0 Å². The number of carbonyl (C=O) groups excluding carboxylic acids is 1. The molecule has 0 aliphatic carbocycles. The summed E-state index contributed by atoms with van der Waals surface area (Å²) in [4.78, 5) is 15.4. The molecule has 132 valence electrons. The highest BCUT2D eigenvalue weighted by molar-refractivity contribution is 6.04. The lowest BCUT2D eigenvalue weighted by Crippen LogP contribution is -2.38. The first kappa shape index (κ1) is 17.3. The Morgan fingerprint density at radius 3 is 2.16 bits per heavy atom. The third kappa shape index (κ3) is 2.65. The Hall–Kier alpha value is -2.53. The van der Waals surface area contributed by atoms with Crippen molar-refractivity contribution >= 4 is 5.78 Å².